The predicted molar refractivity (Wildman–Crippen MR) is 89.0 cm³/mol. The minimum Gasteiger partial charge on any atom is -0.0906 e. The Morgan fingerprint density at radius 3 is 1.95 bits per heavy atom. The van der Waals surface area contributed by atoms with E-state index >= 15 is 0 Å². The molecule has 0 amide bonds. The van der Waals surface area contributed by atoms with Crippen LogP contribution in [0.5, 0.6) is 0 Å². The minimum absolute atomic E-state index is 1.10. The molecule has 0 aromatic heterocycles. The van der Waals surface area contributed by atoms with Crippen molar-refractivity contribution in [2.24, 2.45) is 0 Å². The first kappa shape index (κ1) is 14.6. The molecule has 0 heterocycles. The van der Waals surface area contributed by atoms with Gasteiger partial charge in [0.05, 0.1) is 0 Å². The Labute approximate surface area is 123 Å². The van der Waals surface area contributed by atoms with Crippen LogP contribution >= 0.6 is 0 Å². The highest BCUT2D eigenvalue weighted by molar-refractivity contribution is 5.78. The summed E-state index contributed by atoms with van der Waals surface area (Å²) in [5.41, 5.74) is 6.24. The normalized spacial score (nSPS) is 10.5. The lowest BCUT2D eigenvalue weighted by Crippen LogP contribution is -1.89. The maximum atomic E-state index is 4.23. The fourth-order valence-corrected chi connectivity index (χ4v) is 2.37. The van der Waals surface area contributed by atoms with Gasteiger partial charge in [-0.3, -0.25) is 0 Å². The summed E-state index contributed by atoms with van der Waals surface area (Å²) in [4.78, 5) is 0. The molecule has 0 radical (unpaired) electrons. The van der Waals surface area contributed by atoms with Crippen molar-refractivity contribution in [2.75, 3.05) is 0 Å². The zero-order chi connectivity index (χ0) is 14.4. The van der Waals surface area contributed by atoms with Crippen molar-refractivity contribution in [1.29, 1.82) is 0 Å². The van der Waals surface area contributed by atoms with Crippen molar-refractivity contribution >= 4 is 5.57 Å². The Balaban J connectivity index is 2.05. The molecule has 20 heavy (non-hydrogen) atoms. The standard InChI is InChI=1S/C20H24/c1-4-5-6-7-18-10-14-20(15-11-18)17(3)19-12-8-16(2)9-13-19/h8-15H,3-7H2,1-2H3. The second-order valence-corrected chi connectivity index (χ2v) is 5.50. The molecule has 2 aromatic carbocycles. The van der Waals surface area contributed by atoms with Gasteiger partial charge in [0.25, 0.3) is 0 Å². The van der Waals surface area contributed by atoms with Gasteiger partial charge in [0, 0.05) is 0 Å². The van der Waals surface area contributed by atoms with Gasteiger partial charge in [-0.25, -0.2) is 0 Å². The molecule has 0 fully saturated rings. The van der Waals surface area contributed by atoms with Gasteiger partial charge in [0.2, 0.25) is 0 Å². The zero-order valence-electron chi connectivity index (χ0n) is 12.7. The van der Waals surface area contributed by atoms with E-state index in [1.807, 2.05) is 0 Å². The molecule has 0 aliphatic carbocycles. The number of unbranched alkanes of at least 4 members (excludes halogenated alkanes) is 2. The number of rotatable bonds is 6. The van der Waals surface area contributed by atoms with E-state index in [9.17, 15) is 0 Å². The number of hydrogen-bond acceptors (Lipinski definition) is 0. The van der Waals surface area contributed by atoms with Crippen molar-refractivity contribution in [3.8, 4) is 0 Å². The minimum atomic E-state index is 1.10. The highest BCUT2D eigenvalue weighted by atomic mass is 14.1. The lowest BCUT2D eigenvalue weighted by Gasteiger charge is -2.08. The van der Waals surface area contributed by atoms with E-state index in [-0.39, 0.29) is 0 Å². The smallest absolute Gasteiger partial charge is 0.0183 e. The summed E-state index contributed by atoms with van der Waals surface area (Å²) in [6.45, 7) is 8.58. The van der Waals surface area contributed by atoms with E-state index in [1.54, 1.807) is 0 Å². The number of hydrogen-bond donors (Lipinski definition) is 0. The van der Waals surface area contributed by atoms with E-state index in [0.29, 0.717) is 0 Å². The van der Waals surface area contributed by atoms with Crippen LogP contribution < -0.4 is 0 Å². The average Bonchev–Trinajstić information content (AvgIpc) is 2.48. The molecule has 0 bridgehead atoms. The highest BCUT2D eigenvalue weighted by Crippen LogP contribution is 2.22. The van der Waals surface area contributed by atoms with Crippen LogP contribution in [0, 0.1) is 6.92 Å². The van der Waals surface area contributed by atoms with Crippen LogP contribution in [0.1, 0.15) is 48.4 Å². The first-order valence-electron chi connectivity index (χ1n) is 7.56. The Bertz CT molecular complexity index is 544. The molecule has 0 aliphatic rings. The van der Waals surface area contributed by atoms with Crippen molar-refractivity contribution < 1.29 is 0 Å². The molecular formula is C20H24. The van der Waals surface area contributed by atoms with Crippen LogP contribution in [0.25, 0.3) is 5.57 Å². The quantitative estimate of drug-likeness (QED) is 0.579. The summed E-state index contributed by atoms with van der Waals surface area (Å²) in [7, 11) is 0. The Morgan fingerprint density at radius 1 is 0.850 bits per heavy atom. The first-order valence-corrected chi connectivity index (χ1v) is 7.56. The lowest BCUT2D eigenvalue weighted by atomic mass is 9.97. The monoisotopic (exact) mass is 264 g/mol. The highest BCUT2D eigenvalue weighted by Gasteiger charge is 2.02. The molecule has 2 rings (SSSR count). The summed E-state index contributed by atoms with van der Waals surface area (Å²) < 4.78 is 0. The summed E-state index contributed by atoms with van der Waals surface area (Å²) in [5.74, 6) is 0. The van der Waals surface area contributed by atoms with E-state index in [2.05, 4.69) is 69.0 Å². The largest absolute Gasteiger partial charge is 0.0906 e. The van der Waals surface area contributed by atoms with E-state index in [4.69, 9.17) is 0 Å². The molecule has 0 aliphatic heterocycles. The molecule has 0 unspecified atom stereocenters. The number of aryl methyl sites for hydroxylation is 2. The SMILES string of the molecule is C=C(c1ccc(C)cc1)c1ccc(CCCCC)cc1. The van der Waals surface area contributed by atoms with Crippen molar-refractivity contribution in [2.45, 2.75) is 39.5 Å². The van der Waals surface area contributed by atoms with Gasteiger partial charge < -0.3 is 0 Å². The lowest BCUT2D eigenvalue weighted by molar-refractivity contribution is 0.717. The van der Waals surface area contributed by atoms with Crippen LogP contribution in [0.2, 0.25) is 0 Å². The van der Waals surface area contributed by atoms with Gasteiger partial charge in [-0.2, -0.15) is 0 Å². The van der Waals surface area contributed by atoms with E-state index in [1.165, 1.54) is 47.9 Å². The van der Waals surface area contributed by atoms with Gasteiger partial charge in [-0.05, 0) is 42.0 Å². The molecule has 0 N–H and O–H groups in total. The molecule has 0 spiro atoms. The van der Waals surface area contributed by atoms with E-state index < -0.39 is 0 Å². The van der Waals surface area contributed by atoms with Crippen molar-refractivity contribution in [3.63, 3.8) is 0 Å². The average molecular weight is 264 g/mol. The van der Waals surface area contributed by atoms with Gasteiger partial charge in [0.1, 0.15) is 0 Å². The molecule has 0 heteroatoms. The van der Waals surface area contributed by atoms with Gasteiger partial charge in [-0.15, -0.1) is 0 Å². The maximum absolute atomic E-state index is 4.23. The molecule has 0 atom stereocenters. The van der Waals surface area contributed by atoms with Crippen molar-refractivity contribution in [3.05, 3.63) is 77.4 Å². The molecule has 104 valence electrons. The van der Waals surface area contributed by atoms with Crippen LogP contribution in [0.3, 0.4) is 0 Å². The third-order valence-corrected chi connectivity index (χ3v) is 3.77. The van der Waals surface area contributed by atoms with Gasteiger partial charge in [0.15, 0.2) is 0 Å². The maximum Gasteiger partial charge on any atom is -0.0183 e. The van der Waals surface area contributed by atoms with Gasteiger partial charge >= 0.3 is 0 Å². The molecule has 2 aromatic rings. The summed E-state index contributed by atoms with van der Waals surface area (Å²) in [5, 5.41) is 0. The van der Waals surface area contributed by atoms with Crippen LogP contribution in [-0.4, -0.2) is 0 Å². The molecule has 0 saturated carbocycles. The third kappa shape index (κ3) is 3.84. The molecule has 0 nitrogen and oxygen atoms in total. The summed E-state index contributed by atoms with van der Waals surface area (Å²) >= 11 is 0. The zero-order valence-corrected chi connectivity index (χ0v) is 12.7. The second kappa shape index (κ2) is 7.09. The summed E-state index contributed by atoms with van der Waals surface area (Å²) in [6, 6.07) is 17.4. The summed E-state index contributed by atoms with van der Waals surface area (Å²) in [6.07, 6.45) is 5.07. The van der Waals surface area contributed by atoms with E-state index in [0.717, 1.165) is 5.57 Å². The molecular weight excluding hydrogens is 240 g/mol. The second-order valence-electron chi connectivity index (χ2n) is 5.50. The Hall–Kier alpha value is -1.82. The predicted octanol–water partition coefficient (Wildman–Crippen LogP) is 5.79. The van der Waals surface area contributed by atoms with Crippen LogP contribution in [-0.2, 0) is 6.42 Å². The van der Waals surface area contributed by atoms with Crippen LogP contribution in [0.4, 0.5) is 0 Å². The third-order valence-electron chi connectivity index (χ3n) is 3.77. The number of benzene rings is 2. The first-order chi connectivity index (χ1) is 9.70. The fourth-order valence-electron chi connectivity index (χ4n) is 2.37. The fraction of sp³-hybridized carbons (Fsp3) is 0.300. The Morgan fingerprint density at radius 2 is 1.40 bits per heavy atom. The topological polar surface area (TPSA) is 0 Å². The van der Waals surface area contributed by atoms with Crippen molar-refractivity contribution in [1.82, 2.24) is 0 Å². The van der Waals surface area contributed by atoms with Gasteiger partial charge in [-0.1, -0.05) is 80.4 Å². The Kier molecular flexibility index (Phi) is 5.17. The van der Waals surface area contributed by atoms with Crippen LogP contribution in [0.15, 0.2) is 55.1 Å². The molecule has 0 saturated heterocycles.